The predicted octanol–water partition coefficient (Wildman–Crippen LogP) is -6.42. The van der Waals surface area contributed by atoms with Gasteiger partial charge in [-0.2, -0.15) is 0 Å². The molecule has 0 aromatic carbocycles. The summed E-state index contributed by atoms with van der Waals surface area (Å²) in [5, 5.41) is 105. The highest BCUT2D eigenvalue weighted by atomic mass is 16.4. The van der Waals surface area contributed by atoms with Crippen LogP contribution in [0.4, 0.5) is 0 Å². The Kier molecular flexibility index (Phi) is 39.7. The first kappa shape index (κ1) is 56.2. The van der Waals surface area contributed by atoms with Crippen molar-refractivity contribution in [2.45, 2.75) is 38.5 Å². The van der Waals surface area contributed by atoms with Gasteiger partial charge in [0.2, 0.25) is 0 Å². The van der Waals surface area contributed by atoms with Gasteiger partial charge in [0.25, 0.3) is 0 Å². The van der Waals surface area contributed by atoms with Crippen molar-refractivity contribution < 1.29 is 101 Å². The fourth-order valence-corrected chi connectivity index (χ4v) is 3.74. The summed E-state index contributed by atoms with van der Waals surface area (Å²) in [5.74, 6) is -10.4. The van der Waals surface area contributed by atoms with Crippen LogP contribution < -0.4 is 10.2 Å². The molecule has 0 unspecified atom stereocenters. The van der Waals surface area contributed by atoms with Gasteiger partial charge in [0.05, 0.1) is 51.2 Å². The lowest BCUT2D eigenvalue weighted by atomic mass is 10.2. The van der Waals surface area contributed by atoms with Gasteiger partial charge < -0.3 is 70.9 Å². The summed E-state index contributed by atoms with van der Waals surface area (Å²) in [5.41, 5.74) is 0. The highest BCUT2D eigenvalue weighted by Gasteiger charge is 2.18. The average Bonchev–Trinajstić information content (AvgIpc) is 3.01. The molecular formula is C30H55N4O20-. The molecule has 0 bridgehead atoms. The number of carbonyl (C=O) groups excluding carboxylic acids is 2. The molecule has 24 nitrogen and oxygen atoms in total. The Balaban J connectivity index is -0.000000223. The van der Waals surface area contributed by atoms with Gasteiger partial charge in [-0.1, -0.05) is 0 Å². The molecule has 0 amide bonds. The molecule has 0 fully saturated rings. The number of nitrogens with zero attached hydrogens (tertiary/aromatic N) is 4. The lowest BCUT2D eigenvalue weighted by Crippen LogP contribution is -2.47. The molecule has 54 heavy (non-hydrogen) atoms. The number of aliphatic hydroxyl groups is 4. The Hall–Kier alpha value is -4.56. The fraction of sp³-hybridized carbons (Fsp3) is 0.733. The number of aliphatic carboxylic acids is 8. The standard InChI is InChI=1S/2C10H16N2O8.2C5H12O2/c2*13-7(14)3-11(4-8(15)16)1-2-12(5-9(17)18)6-10(19)20;2*6-4-2-1-3-5-7/h2*1-6H2,(H,13,14)(H,15,16)(H,17,18)(H,19,20);2*6-7H,1-5H2/p-1. The van der Waals surface area contributed by atoms with Crippen LogP contribution in [-0.2, 0) is 38.4 Å². The number of unbranched alkanes of at least 4 members (excludes halogenated alkanes) is 4. The zero-order valence-corrected chi connectivity index (χ0v) is 29.9. The topological polar surface area (TPSA) is 398 Å². The van der Waals surface area contributed by atoms with E-state index in [4.69, 9.17) is 51.1 Å². The van der Waals surface area contributed by atoms with Crippen LogP contribution in [0.25, 0.3) is 0 Å². The van der Waals surface area contributed by atoms with Crippen LogP contribution in [-0.4, -0.2) is 223 Å². The predicted molar refractivity (Wildman–Crippen MR) is 179 cm³/mol. The number of carboxylic acid groups (broad SMARTS) is 8. The second-order valence-corrected chi connectivity index (χ2v) is 11.0. The summed E-state index contributed by atoms with van der Waals surface area (Å²) < 4.78 is 0. The van der Waals surface area contributed by atoms with Crippen LogP contribution >= 0.6 is 0 Å². The van der Waals surface area contributed by atoms with E-state index in [1.54, 1.807) is 0 Å². The SMILES string of the molecule is O=C(O)CN(CCN(CC(=O)O)CC(=O)O)CC(=O)O.O=C([O-])CN(CCN(CC(=O)[O-])CC(=O)O)CC(=O)O.OCCCCCO.OCCCCCO.[H+]. The van der Waals surface area contributed by atoms with Crippen LogP contribution in [0.15, 0.2) is 0 Å². The number of hydrogen-bond acceptors (Lipinski definition) is 18. The van der Waals surface area contributed by atoms with Crippen molar-refractivity contribution >= 4 is 47.8 Å². The molecule has 0 aliphatic rings. The summed E-state index contributed by atoms with van der Waals surface area (Å²) in [6.07, 6.45) is 5.16. The van der Waals surface area contributed by atoms with E-state index in [9.17, 15) is 48.6 Å². The van der Waals surface area contributed by atoms with Gasteiger partial charge in [0.1, 0.15) is 0 Å². The smallest absolute Gasteiger partial charge is 0.549 e. The summed E-state index contributed by atoms with van der Waals surface area (Å²) in [6.45, 7) is -4.00. The van der Waals surface area contributed by atoms with Crippen molar-refractivity contribution in [2.24, 2.45) is 0 Å². The molecule has 0 saturated heterocycles. The Morgan fingerprint density at radius 2 is 0.500 bits per heavy atom. The Morgan fingerprint density at radius 1 is 0.333 bits per heavy atom. The van der Waals surface area contributed by atoms with Gasteiger partial charge >= 0.3 is 37.2 Å². The molecule has 0 aromatic rings. The minimum atomic E-state index is -1.49. The zero-order chi connectivity index (χ0) is 42.5. The molecule has 0 heterocycles. The van der Waals surface area contributed by atoms with Gasteiger partial charge in [0, 0.05) is 65.7 Å². The molecule has 0 radical (unpaired) electrons. The number of carboxylic acids is 8. The van der Waals surface area contributed by atoms with E-state index >= 15 is 0 Å². The van der Waals surface area contributed by atoms with Gasteiger partial charge in [-0.25, -0.2) is 0 Å². The maximum atomic E-state index is 10.6. The van der Waals surface area contributed by atoms with Crippen molar-refractivity contribution in [3.05, 3.63) is 0 Å². The van der Waals surface area contributed by atoms with Crippen molar-refractivity contribution in [1.29, 1.82) is 0 Å². The number of rotatable bonds is 30. The third kappa shape index (κ3) is 49.6. The van der Waals surface area contributed by atoms with Crippen molar-refractivity contribution in [3.8, 4) is 0 Å². The summed E-state index contributed by atoms with van der Waals surface area (Å²) in [7, 11) is 0. The van der Waals surface area contributed by atoms with E-state index in [0.717, 1.165) is 58.1 Å². The molecule has 24 heteroatoms. The third-order valence-electron chi connectivity index (χ3n) is 5.96. The number of hydrogen-bond donors (Lipinski definition) is 10. The summed E-state index contributed by atoms with van der Waals surface area (Å²) in [4.78, 5) is 88.3. The van der Waals surface area contributed by atoms with Gasteiger partial charge in [-0.3, -0.25) is 48.4 Å². The molecule has 0 aliphatic heterocycles. The minimum Gasteiger partial charge on any atom is -0.549 e. The van der Waals surface area contributed by atoms with Gasteiger partial charge in [-0.05, 0) is 38.5 Å². The summed E-state index contributed by atoms with van der Waals surface area (Å²) >= 11 is 0. The van der Waals surface area contributed by atoms with Gasteiger partial charge in [0.15, 0.2) is 0 Å². The third-order valence-corrected chi connectivity index (χ3v) is 5.96. The molecule has 0 saturated carbocycles. The molecule has 0 aromatic heterocycles. The molecule has 316 valence electrons. The maximum absolute atomic E-state index is 10.6. The second-order valence-electron chi connectivity index (χ2n) is 11.0. The van der Waals surface area contributed by atoms with Crippen LogP contribution in [0.1, 0.15) is 40.0 Å². The van der Waals surface area contributed by atoms with Gasteiger partial charge in [-0.15, -0.1) is 0 Å². The quantitative estimate of drug-likeness (QED) is 0.0302. The second kappa shape index (κ2) is 38.2. The van der Waals surface area contributed by atoms with Crippen molar-refractivity contribution in [1.82, 2.24) is 19.6 Å². The minimum absolute atomic E-state index is 0. The van der Waals surface area contributed by atoms with Crippen LogP contribution in [0.3, 0.4) is 0 Å². The Morgan fingerprint density at radius 3 is 0.630 bits per heavy atom. The molecule has 0 rings (SSSR count). The van der Waals surface area contributed by atoms with Crippen LogP contribution in [0.5, 0.6) is 0 Å². The van der Waals surface area contributed by atoms with Crippen LogP contribution in [0, 0.1) is 0 Å². The van der Waals surface area contributed by atoms with E-state index in [-0.39, 0.29) is 54.0 Å². The van der Waals surface area contributed by atoms with E-state index in [2.05, 4.69) is 0 Å². The van der Waals surface area contributed by atoms with Crippen molar-refractivity contribution in [2.75, 3.05) is 105 Å². The van der Waals surface area contributed by atoms with E-state index < -0.39 is 100 Å². The number of carbonyl (C=O) groups is 8. The zero-order valence-electron chi connectivity index (χ0n) is 30.9. The Labute approximate surface area is 312 Å². The Bertz CT molecular complexity index is 861. The lowest BCUT2D eigenvalue weighted by Gasteiger charge is -2.26. The molecule has 0 aliphatic carbocycles. The maximum Gasteiger partial charge on any atom is 1.00 e. The highest BCUT2D eigenvalue weighted by Crippen LogP contribution is 1.96. The first-order valence-corrected chi connectivity index (χ1v) is 16.3. The first-order chi connectivity index (χ1) is 25.2. The molecule has 10 N–H and O–H groups in total. The first-order valence-electron chi connectivity index (χ1n) is 16.3. The number of aliphatic hydroxyl groups excluding tert-OH is 4. The molecule has 0 atom stereocenters. The highest BCUT2D eigenvalue weighted by molar-refractivity contribution is 5.74. The summed E-state index contributed by atoms with van der Waals surface area (Å²) in [6, 6.07) is 0. The monoisotopic (exact) mass is 791 g/mol. The van der Waals surface area contributed by atoms with E-state index in [1.165, 1.54) is 0 Å². The largest absolute Gasteiger partial charge is 1.00 e. The van der Waals surface area contributed by atoms with Crippen molar-refractivity contribution in [3.63, 3.8) is 0 Å². The lowest BCUT2D eigenvalue weighted by molar-refractivity contribution is -0.308. The normalized spacial score (nSPS) is 10.4. The molecular weight excluding hydrogens is 736 g/mol. The average molecular weight is 792 g/mol. The molecule has 0 spiro atoms. The van der Waals surface area contributed by atoms with E-state index in [1.807, 2.05) is 0 Å². The van der Waals surface area contributed by atoms with E-state index in [0.29, 0.717) is 0 Å². The fourth-order valence-electron chi connectivity index (χ4n) is 3.74. The van der Waals surface area contributed by atoms with Crippen LogP contribution in [0.2, 0.25) is 0 Å².